The zero-order chi connectivity index (χ0) is 23.8. The van der Waals surface area contributed by atoms with E-state index in [1.54, 1.807) is 42.5 Å². The number of nitrogens with two attached hydrogens (primary N) is 1. The monoisotopic (exact) mass is 439 g/mol. The lowest BCUT2D eigenvalue weighted by Gasteiger charge is -2.18. The summed E-state index contributed by atoms with van der Waals surface area (Å²) in [5.74, 6) is -0.701. The minimum absolute atomic E-state index is 0.285. The number of nitrogens with one attached hydrogen (secondary N) is 2. The Morgan fingerprint density at radius 3 is 2.09 bits per heavy atom. The van der Waals surface area contributed by atoms with E-state index in [0.717, 1.165) is 16.7 Å². The van der Waals surface area contributed by atoms with Crippen LogP contribution in [0.4, 0.5) is 5.69 Å². The molecule has 6 heteroatoms. The van der Waals surface area contributed by atoms with Gasteiger partial charge in [0.15, 0.2) is 0 Å². The predicted octanol–water partition coefficient (Wildman–Crippen LogP) is 5.60. The van der Waals surface area contributed by atoms with E-state index in [2.05, 4.69) is 0 Å². The molecule has 1 unspecified atom stereocenters. The highest BCUT2D eigenvalue weighted by Gasteiger charge is 2.23. The number of carboxylic acid groups (broad SMARTS) is 1. The number of benzene rings is 3. The third kappa shape index (κ3) is 6.27. The Labute approximate surface area is 192 Å². The molecule has 3 aromatic carbocycles. The van der Waals surface area contributed by atoms with Gasteiger partial charge < -0.3 is 15.6 Å². The number of aryl methyl sites for hydroxylation is 1. The molecule has 0 amide bonds. The molecule has 0 saturated heterocycles. The van der Waals surface area contributed by atoms with E-state index in [1.807, 2.05) is 61.5 Å². The van der Waals surface area contributed by atoms with Crippen molar-refractivity contribution in [2.24, 2.45) is 0 Å². The summed E-state index contributed by atoms with van der Waals surface area (Å²) in [5.41, 5.74) is 10.4. The molecule has 3 aromatic rings. The Morgan fingerprint density at radius 1 is 0.879 bits per heavy atom. The second-order valence-corrected chi connectivity index (χ2v) is 7.41. The molecule has 0 spiro atoms. The van der Waals surface area contributed by atoms with Crippen LogP contribution in [-0.2, 0) is 4.79 Å². The minimum atomic E-state index is -1.13. The fraction of sp³-hybridized carbons (Fsp3) is 0.0741. The van der Waals surface area contributed by atoms with Crippen molar-refractivity contribution in [3.8, 4) is 16.9 Å². The molecule has 0 fully saturated rings. The number of aliphatic carboxylic acids is 1. The summed E-state index contributed by atoms with van der Waals surface area (Å²) >= 11 is 0. The highest BCUT2D eigenvalue weighted by atomic mass is 16.5. The van der Waals surface area contributed by atoms with Crippen molar-refractivity contribution in [2.45, 2.75) is 13.0 Å². The predicted molar refractivity (Wildman–Crippen MR) is 132 cm³/mol. The van der Waals surface area contributed by atoms with Gasteiger partial charge in [0.25, 0.3) is 0 Å². The average molecular weight is 440 g/mol. The molecular weight excluding hydrogens is 414 g/mol. The van der Waals surface area contributed by atoms with E-state index >= 15 is 0 Å². The van der Waals surface area contributed by atoms with E-state index in [4.69, 9.17) is 21.3 Å². The van der Waals surface area contributed by atoms with Crippen LogP contribution in [0.15, 0.2) is 97.1 Å². The number of hydrogen-bond donors (Lipinski definition) is 4. The van der Waals surface area contributed by atoms with Gasteiger partial charge in [-0.1, -0.05) is 66.7 Å². The fourth-order valence-electron chi connectivity index (χ4n) is 3.16. The summed E-state index contributed by atoms with van der Waals surface area (Å²) in [5, 5.41) is 23.7. The molecule has 1 aliphatic carbocycles. The number of ether oxygens (including phenoxy) is 1. The first kappa shape index (κ1) is 23.2. The van der Waals surface area contributed by atoms with Crippen molar-refractivity contribution in [3.05, 3.63) is 108 Å². The van der Waals surface area contributed by atoms with Crippen LogP contribution in [0.25, 0.3) is 11.1 Å². The summed E-state index contributed by atoms with van der Waals surface area (Å²) in [6, 6.07) is 22.4. The fourth-order valence-corrected chi connectivity index (χ4v) is 3.16. The highest BCUT2D eigenvalue weighted by Crippen LogP contribution is 2.30. The SMILES string of the molecule is Cc1ccc(OC(C(=O)O)c2cccc(-c3ccccc3)c2)c(N)c1.N=C1C=CC=CC1=N. The van der Waals surface area contributed by atoms with Gasteiger partial charge in [0.2, 0.25) is 6.10 Å². The van der Waals surface area contributed by atoms with Crippen molar-refractivity contribution in [1.82, 2.24) is 0 Å². The molecule has 1 aliphatic rings. The molecule has 0 aliphatic heterocycles. The van der Waals surface area contributed by atoms with Crippen LogP contribution >= 0.6 is 0 Å². The van der Waals surface area contributed by atoms with Crippen LogP contribution in [0.3, 0.4) is 0 Å². The third-order valence-electron chi connectivity index (χ3n) is 4.86. The summed E-state index contributed by atoms with van der Waals surface area (Å²) < 4.78 is 5.71. The Balaban J connectivity index is 0.000000323. The largest absolute Gasteiger partial charge is 0.478 e. The maximum absolute atomic E-state index is 11.8. The van der Waals surface area contributed by atoms with Crippen LogP contribution in [0.1, 0.15) is 17.2 Å². The molecule has 5 N–H and O–H groups in total. The molecule has 0 aromatic heterocycles. The van der Waals surface area contributed by atoms with E-state index < -0.39 is 12.1 Å². The zero-order valence-corrected chi connectivity index (χ0v) is 18.2. The molecule has 6 nitrogen and oxygen atoms in total. The third-order valence-corrected chi connectivity index (χ3v) is 4.86. The minimum Gasteiger partial charge on any atom is -0.478 e. The quantitative estimate of drug-likeness (QED) is 0.305. The van der Waals surface area contributed by atoms with Gasteiger partial charge in [-0.15, -0.1) is 0 Å². The Hall–Kier alpha value is -4.45. The van der Waals surface area contributed by atoms with E-state index in [0.29, 0.717) is 17.0 Å². The van der Waals surface area contributed by atoms with Crippen molar-refractivity contribution in [2.75, 3.05) is 5.73 Å². The molecule has 33 heavy (non-hydrogen) atoms. The molecule has 0 heterocycles. The van der Waals surface area contributed by atoms with Gasteiger partial charge in [-0.3, -0.25) is 10.8 Å². The van der Waals surface area contributed by atoms with Crippen LogP contribution in [0.2, 0.25) is 0 Å². The van der Waals surface area contributed by atoms with Gasteiger partial charge in [-0.25, -0.2) is 4.79 Å². The standard InChI is InChI=1S/C21H19NO3.C6H6N2/c1-14-10-11-19(18(22)12-14)25-20(21(23)24)17-9-5-8-16(13-17)15-6-3-2-4-7-15;7-5-3-1-2-4-6(5)8/h2-13,20H,22H2,1H3,(H,23,24);1-4,7-8H. The zero-order valence-electron chi connectivity index (χ0n) is 18.2. The van der Waals surface area contributed by atoms with Gasteiger partial charge in [-0.05, 0) is 54.0 Å². The molecule has 0 saturated carbocycles. The van der Waals surface area contributed by atoms with Crippen LogP contribution in [0, 0.1) is 17.7 Å². The maximum atomic E-state index is 11.8. The lowest BCUT2D eigenvalue weighted by atomic mass is 10.0. The number of hydrogen-bond acceptors (Lipinski definition) is 5. The lowest BCUT2D eigenvalue weighted by molar-refractivity contribution is -0.145. The molecule has 1 atom stereocenters. The van der Waals surface area contributed by atoms with Gasteiger partial charge >= 0.3 is 5.97 Å². The van der Waals surface area contributed by atoms with Gasteiger partial charge in [0, 0.05) is 5.56 Å². The number of allylic oxidation sites excluding steroid dienone is 4. The molecule has 166 valence electrons. The highest BCUT2D eigenvalue weighted by molar-refractivity contribution is 6.48. The number of carboxylic acids is 1. The number of nitrogen functional groups attached to an aromatic ring is 1. The maximum Gasteiger partial charge on any atom is 0.349 e. The molecule has 0 bridgehead atoms. The van der Waals surface area contributed by atoms with Gasteiger partial charge in [0.1, 0.15) is 5.75 Å². The smallest absolute Gasteiger partial charge is 0.349 e. The van der Waals surface area contributed by atoms with E-state index in [-0.39, 0.29) is 11.4 Å². The second-order valence-electron chi connectivity index (χ2n) is 7.41. The van der Waals surface area contributed by atoms with Crippen LogP contribution in [-0.4, -0.2) is 22.5 Å². The summed E-state index contributed by atoms with van der Waals surface area (Å²) in [6.07, 6.45) is 5.57. The first-order valence-corrected chi connectivity index (χ1v) is 10.3. The summed E-state index contributed by atoms with van der Waals surface area (Å²) in [4.78, 5) is 11.8. The van der Waals surface area contributed by atoms with Crippen LogP contribution in [0.5, 0.6) is 5.75 Å². The van der Waals surface area contributed by atoms with Crippen molar-refractivity contribution >= 4 is 23.1 Å². The second kappa shape index (κ2) is 10.7. The molecule has 4 rings (SSSR count). The van der Waals surface area contributed by atoms with Crippen molar-refractivity contribution in [1.29, 1.82) is 10.8 Å². The normalized spacial score (nSPS) is 13.1. The topological polar surface area (TPSA) is 120 Å². The number of carbonyl (C=O) groups is 1. The Kier molecular flexibility index (Phi) is 7.55. The Morgan fingerprint density at radius 2 is 1.52 bits per heavy atom. The average Bonchev–Trinajstić information content (AvgIpc) is 2.81. The first-order valence-electron chi connectivity index (χ1n) is 10.3. The molecule has 0 radical (unpaired) electrons. The number of rotatable bonds is 5. The van der Waals surface area contributed by atoms with Crippen molar-refractivity contribution in [3.63, 3.8) is 0 Å². The summed E-state index contributed by atoms with van der Waals surface area (Å²) in [6.45, 7) is 1.91. The summed E-state index contributed by atoms with van der Waals surface area (Å²) in [7, 11) is 0. The lowest BCUT2D eigenvalue weighted by Crippen LogP contribution is -2.18. The molecular formula is C27H25N3O3. The number of anilines is 1. The van der Waals surface area contributed by atoms with Crippen molar-refractivity contribution < 1.29 is 14.6 Å². The van der Waals surface area contributed by atoms with E-state index in [9.17, 15) is 9.90 Å². The Bertz CT molecular complexity index is 1210. The first-order chi connectivity index (χ1) is 15.8. The van der Waals surface area contributed by atoms with E-state index in [1.165, 1.54) is 0 Å². The van der Waals surface area contributed by atoms with Crippen LogP contribution < -0.4 is 10.5 Å². The van der Waals surface area contributed by atoms with Gasteiger partial charge in [0.05, 0.1) is 17.1 Å². The van der Waals surface area contributed by atoms with Gasteiger partial charge in [-0.2, -0.15) is 0 Å².